The molecule has 1 nitrogen and oxygen atoms in total. The van der Waals surface area contributed by atoms with Crippen LogP contribution in [0.15, 0.2) is 0 Å². The smallest absolute Gasteiger partial charge is 0.134 e. The largest absolute Gasteiger partial charge is 0.380 e. The Morgan fingerprint density at radius 2 is 1.36 bits per heavy atom. The zero-order chi connectivity index (χ0) is 10.9. The van der Waals surface area contributed by atoms with Crippen molar-refractivity contribution in [3.05, 3.63) is 33.9 Å². The molecule has 0 aliphatic rings. The molecule has 0 atom stereocenters. The van der Waals surface area contributed by atoms with Gasteiger partial charge in [0.25, 0.3) is 0 Å². The van der Waals surface area contributed by atoms with Gasteiger partial charge < -0.3 is 4.74 Å². The molecule has 0 spiro atoms. The first kappa shape index (κ1) is 11.1. The fraction of sp³-hybridized carbons (Fsp3) is 0.455. The maximum absolute atomic E-state index is 13.6. The second-order valence-electron chi connectivity index (χ2n) is 3.41. The highest BCUT2D eigenvalue weighted by molar-refractivity contribution is 5.39. The average molecular weight is 200 g/mol. The van der Waals surface area contributed by atoms with Crippen molar-refractivity contribution in [3.63, 3.8) is 0 Å². The van der Waals surface area contributed by atoms with Gasteiger partial charge >= 0.3 is 0 Å². The standard InChI is InChI=1S/C11H14F2O/c1-6-7(2)10(12)9(5-14-4)11(13)8(6)3/h5H2,1-4H3. The summed E-state index contributed by atoms with van der Waals surface area (Å²) in [6, 6.07) is 0. The van der Waals surface area contributed by atoms with Crippen LogP contribution in [0.5, 0.6) is 0 Å². The third-order valence-electron chi connectivity index (χ3n) is 2.60. The third-order valence-corrected chi connectivity index (χ3v) is 2.60. The number of benzene rings is 1. The lowest BCUT2D eigenvalue weighted by molar-refractivity contribution is 0.177. The van der Waals surface area contributed by atoms with Crippen LogP contribution in [0.2, 0.25) is 0 Å². The van der Waals surface area contributed by atoms with E-state index in [0.29, 0.717) is 16.7 Å². The first-order valence-corrected chi connectivity index (χ1v) is 4.43. The van der Waals surface area contributed by atoms with Gasteiger partial charge in [-0.05, 0) is 37.5 Å². The van der Waals surface area contributed by atoms with Crippen LogP contribution in [0.4, 0.5) is 8.78 Å². The van der Waals surface area contributed by atoms with E-state index in [-0.39, 0.29) is 12.2 Å². The molecule has 0 heterocycles. The van der Waals surface area contributed by atoms with Gasteiger partial charge in [0.05, 0.1) is 6.61 Å². The van der Waals surface area contributed by atoms with Crippen LogP contribution < -0.4 is 0 Å². The Balaban J connectivity index is 3.43. The molecule has 1 aromatic carbocycles. The maximum Gasteiger partial charge on any atom is 0.134 e. The van der Waals surface area contributed by atoms with Crippen LogP contribution in [0.1, 0.15) is 22.3 Å². The van der Waals surface area contributed by atoms with Crippen molar-refractivity contribution in [1.82, 2.24) is 0 Å². The summed E-state index contributed by atoms with van der Waals surface area (Å²) in [5.41, 5.74) is 1.68. The van der Waals surface area contributed by atoms with Gasteiger partial charge in [0.2, 0.25) is 0 Å². The Morgan fingerprint density at radius 3 is 1.71 bits per heavy atom. The molecule has 1 rings (SSSR count). The summed E-state index contributed by atoms with van der Waals surface area (Å²) in [7, 11) is 1.42. The molecular weight excluding hydrogens is 186 g/mol. The zero-order valence-corrected chi connectivity index (χ0v) is 8.87. The molecule has 0 aromatic heterocycles. The summed E-state index contributed by atoms with van der Waals surface area (Å²) in [5, 5.41) is 0. The number of hydrogen-bond donors (Lipinski definition) is 0. The van der Waals surface area contributed by atoms with E-state index in [1.54, 1.807) is 20.8 Å². The van der Waals surface area contributed by atoms with E-state index in [9.17, 15) is 8.78 Å². The molecule has 0 saturated heterocycles. The summed E-state index contributed by atoms with van der Waals surface area (Å²) in [6.07, 6.45) is 0. The minimum atomic E-state index is -0.493. The van der Waals surface area contributed by atoms with E-state index in [0.717, 1.165) is 0 Å². The predicted molar refractivity (Wildman–Crippen MR) is 51.3 cm³/mol. The highest BCUT2D eigenvalue weighted by Gasteiger charge is 2.17. The molecule has 0 aliphatic heterocycles. The van der Waals surface area contributed by atoms with Gasteiger partial charge in [-0.25, -0.2) is 8.78 Å². The zero-order valence-electron chi connectivity index (χ0n) is 8.87. The van der Waals surface area contributed by atoms with Gasteiger partial charge in [-0.15, -0.1) is 0 Å². The van der Waals surface area contributed by atoms with Crippen molar-refractivity contribution in [3.8, 4) is 0 Å². The lowest BCUT2D eigenvalue weighted by atomic mass is 9.99. The Labute approximate surface area is 82.7 Å². The second kappa shape index (κ2) is 4.05. The van der Waals surface area contributed by atoms with E-state index in [4.69, 9.17) is 4.74 Å². The monoisotopic (exact) mass is 200 g/mol. The summed E-state index contributed by atoms with van der Waals surface area (Å²) in [6.45, 7) is 4.99. The van der Waals surface area contributed by atoms with Gasteiger partial charge in [-0.2, -0.15) is 0 Å². The summed E-state index contributed by atoms with van der Waals surface area (Å²) < 4.78 is 31.9. The van der Waals surface area contributed by atoms with Crippen molar-refractivity contribution in [2.24, 2.45) is 0 Å². The molecule has 14 heavy (non-hydrogen) atoms. The molecule has 3 heteroatoms. The minimum Gasteiger partial charge on any atom is -0.380 e. The Hall–Kier alpha value is -0.960. The Kier molecular flexibility index (Phi) is 3.21. The third kappa shape index (κ3) is 1.64. The first-order chi connectivity index (χ1) is 6.50. The number of ether oxygens (including phenoxy) is 1. The SMILES string of the molecule is COCc1c(F)c(C)c(C)c(C)c1F. The number of rotatable bonds is 2. The van der Waals surface area contributed by atoms with Crippen LogP contribution in [-0.4, -0.2) is 7.11 Å². The lowest BCUT2D eigenvalue weighted by Crippen LogP contribution is -2.05. The van der Waals surface area contributed by atoms with Gasteiger partial charge in [0.1, 0.15) is 11.6 Å². The molecule has 0 saturated carbocycles. The quantitative estimate of drug-likeness (QED) is 0.713. The molecule has 0 unspecified atom stereocenters. The van der Waals surface area contributed by atoms with Crippen molar-refractivity contribution >= 4 is 0 Å². The van der Waals surface area contributed by atoms with Crippen molar-refractivity contribution in [2.75, 3.05) is 7.11 Å². The van der Waals surface area contributed by atoms with Crippen molar-refractivity contribution in [1.29, 1.82) is 0 Å². The minimum absolute atomic E-state index is 0.0214. The molecule has 0 N–H and O–H groups in total. The van der Waals surface area contributed by atoms with E-state index < -0.39 is 11.6 Å². The average Bonchev–Trinajstić information content (AvgIpc) is 2.19. The topological polar surface area (TPSA) is 9.23 Å². The van der Waals surface area contributed by atoms with Gasteiger partial charge in [0.15, 0.2) is 0 Å². The van der Waals surface area contributed by atoms with Gasteiger partial charge in [-0.3, -0.25) is 0 Å². The molecule has 0 aliphatic carbocycles. The molecule has 0 bridgehead atoms. The maximum atomic E-state index is 13.6. The van der Waals surface area contributed by atoms with E-state index in [1.807, 2.05) is 0 Å². The van der Waals surface area contributed by atoms with E-state index in [1.165, 1.54) is 7.11 Å². The first-order valence-electron chi connectivity index (χ1n) is 4.43. The summed E-state index contributed by atoms with van der Waals surface area (Å²) in [4.78, 5) is 0. The van der Waals surface area contributed by atoms with E-state index >= 15 is 0 Å². The van der Waals surface area contributed by atoms with Crippen molar-refractivity contribution in [2.45, 2.75) is 27.4 Å². The van der Waals surface area contributed by atoms with Crippen LogP contribution in [0.3, 0.4) is 0 Å². The number of methoxy groups -OCH3 is 1. The Morgan fingerprint density at radius 1 is 0.929 bits per heavy atom. The predicted octanol–water partition coefficient (Wildman–Crippen LogP) is 3.04. The summed E-state index contributed by atoms with van der Waals surface area (Å²) >= 11 is 0. The molecule has 78 valence electrons. The van der Waals surface area contributed by atoms with E-state index in [2.05, 4.69) is 0 Å². The second-order valence-corrected chi connectivity index (χ2v) is 3.41. The molecule has 0 fully saturated rings. The molecule has 1 aromatic rings. The normalized spacial score (nSPS) is 10.7. The lowest BCUT2D eigenvalue weighted by Gasteiger charge is -2.12. The fourth-order valence-electron chi connectivity index (χ4n) is 1.43. The van der Waals surface area contributed by atoms with Crippen molar-refractivity contribution < 1.29 is 13.5 Å². The van der Waals surface area contributed by atoms with Crippen LogP contribution in [-0.2, 0) is 11.3 Å². The summed E-state index contributed by atoms with van der Waals surface area (Å²) in [5.74, 6) is -0.986. The number of hydrogen-bond acceptors (Lipinski definition) is 1. The number of halogens is 2. The van der Waals surface area contributed by atoms with Gasteiger partial charge in [0, 0.05) is 12.7 Å². The van der Waals surface area contributed by atoms with Crippen LogP contribution >= 0.6 is 0 Å². The van der Waals surface area contributed by atoms with Gasteiger partial charge in [-0.1, -0.05) is 0 Å². The fourth-order valence-corrected chi connectivity index (χ4v) is 1.43. The highest BCUT2D eigenvalue weighted by Crippen LogP contribution is 2.24. The van der Waals surface area contributed by atoms with Crippen LogP contribution in [0, 0.1) is 32.4 Å². The molecular formula is C11H14F2O. The molecule has 0 radical (unpaired) electrons. The van der Waals surface area contributed by atoms with Crippen LogP contribution in [0.25, 0.3) is 0 Å². The Bertz CT molecular complexity index is 330. The molecule has 0 amide bonds. The highest BCUT2D eigenvalue weighted by atomic mass is 19.1.